The molecule has 1 aromatic carbocycles. The van der Waals surface area contributed by atoms with Crippen molar-refractivity contribution in [3.63, 3.8) is 0 Å². The summed E-state index contributed by atoms with van der Waals surface area (Å²) in [4.78, 5) is 0. The highest BCUT2D eigenvalue weighted by Gasteiger charge is 2.04. The largest absolute Gasteiger partial charge is 0.396 e. The maximum Gasteiger partial charge on any atom is 0.149 e. The molecule has 0 amide bonds. The Morgan fingerprint density at radius 3 is 2.71 bits per heavy atom. The van der Waals surface area contributed by atoms with Crippen molar-refractivity contribution in [2.45, 2.75) is 6.42 Å². The molecule has 2 nitrogen and oxygen atoms in total. The lowest BCUT2D eigenvalue weighted by Gasteiger charge is -2.01. The van der Waals surface area contributed by atoms with Crippen molar-refractivity contribution < 1.29 is 13.9 Å². The summed E-state index contributed by atoms with van der Waals surface area (Å²) in [7, 11) is 0. The van der Waals surface area contributed by atoms with Gasteiger partial charge in [-0.2, -0.15) is 0 Å². The number of anilines is 1. The van der Waals surface area contributed by atoms with Gasteiger partial charge in [0.05, 0.1) is 5.69 Å². The molecule has 0 atom stereocenters. The maximum atomic E-state index is 12.9. The molecular formula is C10H11F2NO. The van der Waals surface area contributed by atoms with E-state index in [1.807, 2.05) is 0 Å². The topological polar surface area (TPSA) is 46.2 Å². The van der Waals surface area contributed by atoms with Crippen molar-refractivity contribution in [1.82, 2.24) is 0 Å². The van der Waals surface area contributed by atoms with E-state index in [4.69, 9.17) is 10.8 Å². The lowest BCUT2D eigenvalue weighted by Crippen LogP contribution is -1.95. The van der Waals surface area contributed by atoms with Crippen molar-refractivity contribution in [3.8, 4) is 0 Å². The molecule has 0 spiro atoms. The standard InChI is InChI=1S/C10H11F2NO/c11-8-5-7(3-1-2-4-14)10(13)9(12)6-8/h1,3,5-6,14H,2,4,13H2. The van der Waals surface area contributed by atoms with Gasteiger partial charge in [-0.05, 0) is 12.5 Å². The zero-order valence-electron chi connectivity index (χ0n) is 7.50. The molecule has 0 fully saturated rings. The third-order valence-electron chi connectivity index (χ3n) is 1.72. The van der Waals surface area contributed by atoms with E-state index in [1.54, 1.807) is 6.08 Å². The molecular weight excluding hydrogens is 188 g/mol. The first-order valence-electron chi connectivity index (χ1n) is 4.17. The zero-order valence-corrected chi connectivity index (χ0v) is 7.50. The van der Waals surface area contributed by atoms with Crippen molar-refractivity contribution in [2.24, 2.45) is 0 Å². The molecule has 0 unspecified atom stereocenters. The summed E-state index contributed by atoms with van der Waals surface area (Å²) in [6, 6.07) is 1.88. The van der Waals surface area contributed by atoms with Crippen LogP contribution in [0.5, 0.6) is 0 Å². The first-order chi connectivity index (χ1) is 6.65. The van der Waals surface area contributed by atoms with E-state index in [9.17, 15) is 8.78 Å². The molecule has 0 heterocycles. The Kier molecular flexibility index (Phi) is 3.59. The molecule has 0 bridgehead atoms. The number of aliphatic hydroxyl groups excluding tert-OH is 1. The highest BCUT2D eigenvalue weighted by molar-refractivity contribution is 5.64. The van der Waals surface area contributed by atoms with E-state index in [0.29, 0.717) is 6.42 Å². The fourth-order valence-corrected chi connectivity index (χ4v) is 1.03. The quantitative estimate of drug-likeness (QED) is 0.731. The summed E-state index contributed by atoms with van der Waals surface area (Å²) < 4.78 is 25.6. The van der Waals surface area contributed by atoms with Crippen LogP contribution in [0.15, 0.2) is 18.2 Å². The second-order valence-electron chi connectivity index (χ2n) is 2.81. The summed E-state index contributed by atoms with van der Waals surface area (Å²) in [5.41, 5.74) is 5.58. The van der Waals surface area contributed by atoms with E-state index in [2.05, 4.69) is 0 Å². The molecule has 0 radical (unpaired) electrons. The predicted octanol–water partition coefficient (Wildman–Crippen LogP) is 1.94. The van der Waals surface area contributed by atoms with Gasteiger partial charge >= 0.3 is 0 Å². The first kappa shape index (κ1) is 10.7. The minimum absolute atomic E-state index is 0.00575. The summed E-state index contributed by atoms with van der Waals surface area (Å²) in [6.07, 6.45) is 3.51. The molecule has 14 heavy (non-hydrogen) atoms. The van der Waals surface area contributed by atoms with Gasteiger partial charge in [-0.3, -0.25) is 0 Å². The molecule has 0 saturated carbocycles. The minimum Gasteiger partial charge on any atom is -0.396 e. The van der Waals surface area contributed by atoms with E-state index in [1.165, 1.54) is 6.08 Å². The van der Waals surface area contributed by atoms with E-state index in [-0.39, 0.29) is 17.9 Å². The number of hydrogen-bond donors (Lipinski definition) is 2. The average Bonchev–Trinajstić information content (AvgIpc) is 2.13. The Morgan fingerprint density at radius 1 is 1.36 bits per heavy atom. The van der Waals surface area contributed by atoms with Crippen LogP contribution in [0.2, 0.25) is 0 Å². The molecule has 1 rings (SSSR count). The highest BCUT2D eigenvalue weighted by Crippen LogP contribution is 2.19. The molecule has 0 aliphatic rings. The van der Waals surface area contributed by atoms with Gasteiger partial charge in [0.2, 0.25) is 0 Å². The van der Waals surface area contributed by atoms with Crippen LogP contribution in [-0.2, 0) is 0 Å². The van der Waals surface area contributed by atoms with E-state index < -0.39 is 11.6 Å². The summed E-state index contributed by atoms with van der Waals surface area (Å²) >= 11 is 0. The van der Waals surface area contributed by atoms with Gasteiger partial charge in [0, 0.05) is 18.2 Å². The lowest BCUT2D eigenvalue weighted by molar-refractivity contribution is 0.303. The van der Waals surface area contributed by atoms with Crippen LogP contribution in [0.25, 0.3) is 6.08 Å². The lowest BCUT2D eigenvalue weighted by atomic mass is 10.1. The Morgan fingerprint density at radius 2 is 2.07 bits per heavy atom. The number of hydrogen-bond acceptors (Lipinski definition) is 2. The van der Waals surface area contributed by atoms with Gasteiger partial charge in [-0.1, -0.05) is 12.2 Å². The number of halogens is 2. The molecule has 0 saturated heterocycles. The fourth-order valence-electron chi connectivity index (χ4n) is 1.03. The maximum absolute atomic E-state index is 12.9. The normalized spacial score (nSPS) is 11.1. The van der Waals surface area contributed by atoms with Gasteiger partial charge in [-0.25, -0.2) is 8.78 Å². The first-order valence-corrected chi connectivity index (χ1v) is 4.17. The molecule has 3 N–H and O–H groups in total. The number of nitrogen functional groups attached to an aromatic ring is 1. The zero-order chi connectivity index (χ0) is 10.6. The Bertz CT molecular complexity index is 350. The third-order valence-corrected chi connectivity index (χ3v) is 1.72. The van der Waals surface area contributed by atoms with Crippen molar-refractivity contribution in [2.75, 3.05) is 12.3 Å². The highest BCUT2D eigenvalue weighted by atomic mass is 19.1. The van der Waals surface area contributed by atoms with Gasteiger partial charge in [0.1, 0.15) is 11.6 Å². The molecule has 0 aromatic heterocycles. The third kappa shape index (κ3) is 2.53. The molecule has 1 aromatic rings. The molecule has 0 aliphatic heterocycles. The van der Waals surface area contributed by atoms with E-state index in [0.717, 1.165) is 12.1 Å². The summed E-state index contributed by atoms with van der Waals surface area (Å²) in [6.45, 7) is -0.00575. The van der Waals surface area contributed by atoms with Crippen LogP contribution < -0.4 is 5.73 Å². The van der Waals surface area contributed by atoms with Crippen LogP contribution >= 0.6 is 0 Å². The number of aliphatic hydroxyl groups is 1. The van der Waals surface area contributed by atoms with Crippen molar-refractivity contribution >= 4 is 11.8 Å². The monoisotopic (exact) mass is 199 g/mol. The Labute approximate surface area is 80.7 Å². The van der Waals surface area contributed by atoms with Gasteiger partial charge in [0.15, 0.2) is 0 Å². The van der Waals surface area contributed by atoms with E-state index >= 15 is 0 Å². The van der Waals surface area contributed by atoms with Crippen LogP contribution in [0.1, 0.15) is 12.0 Å². The Hall–Kier alpha value is -1.42. The van der Waals surface area contributed by atoms with Gasteiger partial charge < -0.3 is 10.8 Å². The SMILES string of the molecule is Nc1c(F)cc(F)cc1C=CCCO. The predicted molar refractivity (Wildman–Crippen MR) is 51.5 cm³/mol. The van der Waals surface area contributed by atoms with Crippen molar-refractivity contribution in [1.29, 1.82) is 0 Å². The molecule has 4 heteroatoms. The molecule has 76 valence electrons. The Balaban J connectivity index is 2.96. The van der Waals surface area contributed by atoms with Crippen LogP contribution in [0.4, 0.5) is 14.5 Å². The fraction of sp³-hybridized carbons (Fsp3) is 0.200. The summed E-state index contributed by atoms with van der Waals surface area (Å²) in [5.74, 6) is -1.44. The molecule has 0 aliphatic carbocycles. The number of rotatable bonds is 3. The van der Waals surface area contributed by atoms with Crippen LogP contribution in [0, 0.1) is 11.6 Å². The number of nitrogens with two attached hydrogens (primary N) is 1. The average molecular weight is 199 g/mol. The van der Waals surface area contributed by atoms with Crippen LogP contribution in [0.3, 0.4) is 0 Å². The van der Waals surface area contributed by atoms with Crippen LogP contribution in [-0.4, -0.2) is 11.7 Å². The second-order valence-corrected chi connectivity index (χ2v) is 2.81. The van der Waals surface area contributed by atoms with Crippen molar-refractivity contribution in [3.05, 3.63) is 35.4 Å². The van der Waals surface area contributed by atoms with Gasteiger partial charge in [-0.15, -0.1) is 0 Å². The second kappa shape index (κ2) is 4.72. The minimum atomic E-state index is -0.770. The number of benzene rings is 1. The van der Waals surface area contributed by atoms with Gasteiger partial charge in [0.25, 0.3) is 0 Å². The summed E-state index contributed by atoms with van der Waals surface area (Å²) in [5, 5.41) is 8.49. The smallest absolute Gasteiger partial charge is 0.149 e.